The lowest BCUT2D eigenvalue weighted by atomic mass is 10.3. The minimum atomic E-state index is -0.0611. The van der Waals surface area contributed by atoms with Crippen molar-refractivity contribution in [3.63, 3.8) is 0 Å². The third kappa shape index (κ3) is 5.35. The zero-order valence-corrected chi connectivity index (χ0v) is 6.52. The molecule has 58 valence electrons. The molecule has 0 aliphatic carbocycles. The highest BCUT2D eigenvalue weighted by Gasteiger charge is 1.87. The highest BCUT2D eigenvalue weighted by molar-refractivity contribution is 5.05. The van der Waals surface area contributed by atoms with Crippen LogP contribution in [0.3, 0.4) is 0 Å². The molecule has 1 nitrogen and oxygen atoms in total. The normalized spacial score (nSPS) is 12.5. The fourth-order valence-electron chi connectivity index (χ4n) is 0.571. The predicted octanol–water partition coefficient (Wildman–Crippen LogP) is 2.37. The van der Waals surface area contributed by atoms with Crippen LogP contribution in [0.1, 0.15) is 19.8 Å². The fraction of sp³-hybridized carbons (Fsp3) is 0.500. The number of halogens is 1. The maximum atomic E-state index is 12.5. The molecule has 0 aromatic rings. The van der Waals surface area contributed by atoms with Gasteiger partial charge in [-0.25, -0.2) is 4.39 Å². The Kier molecular flexibility index (Phi) is 5.83. The summed E-state index contributed by atoms with van der Waals surface area (Å²) in [6, 6.07) is 0. The van der Waals surface area contributed by atoms with Crippen LogP contribution in [0.25, 0.3) is 0 Å². The third-order valence-electron chi connectivity index (χ3n) is 1.03. The van der Waals surface area contributed by atoms with E-state index in [1.807, 2.05) is 6.92 Å². The number of hydrogen-bond acceptors (Lipinski definition) is 1. The molecule has 0 aliphatic rings. The van der Waals surface area contributed by atoms with Gasteiger partial charge in [0.15, 0.2) is 0 Å². The van der Waals surface area contributed by atoms with Crippen molar-refractivity contribution in [2.24, 2.45) is 0 Å². The number of allylic oxidation sites excluding steroid dienone is 3. The summed E-state index contributed by atoms with van der Waals surface area (Å²) >= 11 is 0. The van der Waals surface area contributed by atoms with Crippen LogP contribution >= 0.6 is 0 Å². The van der Waals surface area contributed by atoms with Gasteiger partial charge in [0.25, 0.3) is 0 Å². The van der Waals surface area contributed by atoms with E-state index in [1.165, 1.54) is 6.08 Å². The largest absolute Gasteiger partial charge is 0.394 e. The monoisotopic (exact) mass is 143 g/mol. The zero-order chi connectivity index (χ0) is 7.82. The van der Waals surface area contributed by atoms with E-state index in [0.29, 0.717) is 6.42 Å². The Morgan fingerprint density at radius 3 is 2.80 bits per heavy atom. The van der Waals surface area contributed by atoms with Crippen molar-refractivity contribution in [3.05, 3.63) is 24.2 Å². The maximum Gasteiger partial charge on any atom is 0.0999 e. The number of rotatable bonds is 4. The minimum absolute atomic E-state index is 0.0611. The Hall–Kier alpha value is -0.790. The molecule has 0 aromatic heterocycles. The van der Waals surface area contributed by atoms with Crippen molar-refractivity contribution in [2.75, 3.05) is 7.05 Å². The van der Waals surface area contributed by atoms with Crippen LogP contribution in [0.5, 0.6) is 0 Å². The Bertz CT molecular complexity index is 127. The average Bonchev–Trinajstić information content (AvgIpc) is 1.89. The van der Waals surface area contributed by atoms with Gasteiger partial charge in [-0.15, -0.1) is 0 Å². The fourth-order valence-corrected chi connectivity index (χ4v) is 0.571. The zero-order valence-electron chi connectivity index (χ0n) is 6.52. The number of nitrogens with one attached hydrogen (secondary N) is 1. The van der Waals surface area contributed by atoms with Gasteiger partial charge in [-0.05, 0) is 31.2 Å². The van der Waals surface area contributed by atoms with Crippen LogP contribution < -0.4 is 5.32 Å². The SMILES string of the molecule is CCC/C(F)=C\C=C/NC. The summed E-state index contributed by atoms with van der Waals surface area (Å²) in [5.74, 6) is -0.0611. The van der Waals surface area contributed by atoms with Gasteiger partial charge in [0, 0.05) is 7.05 Å². The lowest BCUT2D eigenvalue weighted by Crippen LogP contribution is -1.89. The lowest BCUT2D eigenvalue weighted by molar-refractivity contribution is 0.584. The van der Waals surface area contributed by atoms with Gasteiger partial charge in [-0.2, -0.15) is 0 Å². The Morgan fingerprint density at radius 2 is 2.30 bits per heavy atom. The average molecular weight is 143 g/mol. The highest BCUT2D eigenvalue weighted by Crippen LogP contribution is 2.04. The molecule has 1 N–H and O–H groups in total. The topological polar surface area (TPSA) is 12.0 Å². The molecule has 0 rings (SSSR count). The van der Waals surface area contributed by atoms with E-state index < -0.39 is 0 Å². The van der Waals surface area contributed by atoms with E-state index >= 15 is 0 Å². The molecular formula is C8H14FN. The standard InChI is InChI=1S/C8H14FN/c1-3-5-8(9)6-4-7-10-2/h4,6-7,10H,3,5H2,1-2H3/b7-4-,8-6+. The second-order valence-corrected chi connectivity index (χ2v) is 2.01. The molecule has 0 radical (unpaired) electrons. The summed E-state index contributed by atoms with van der Waals surface area (Å²) in [6.07, 6.45) is 6.21. The molecule has 10 heavy (non-hydrogen) atoms. The van der Waals surface area contributed by atoms with Gasteiger partial charge in [0.2, 0.25) is 0 Å². The van der Waals surface area contributed by atoms with E-state index in [-0.39, 0.29) is 5.83 Å². The summed E-state index contributed by atoms with van der Waals surface area (Å²) in [6.45, 7) is 1.95. The van der Waals surface area contributed by atoms with Crippen molar-refractivity contribution in [1.82, 2.24) is 5.32 Å². The van der Waals surface area contributed by atoms with Crippen molar-refractivity contribution in [1.29, 1.82) is 0 Å². The third-order valence-corrected chi connectivity index (χ3v) is 1.03. The summed E-state index contributed by atoms with van der Waals surface area (Å²) in [5, 5.41) is 2.77. The van der Waals surface area contributed by atoms with Crippen molar-refractivity contribution < 1.29 is 4.39 Å². The van der Waals surface area contributed by atoms with Crippen LogP contribution in [0.15, 0.2) is 24.2 Å². The second kappa shape index (κ2) is 6.33. The molecule has 0 aliphatic heterocycles. The van der Waals surface area contributed by atoms with Crippen LogP contribution in [0.2, 0.25) is 0 Å². The molecule has 2 heteroatoms. The first-order chi connectivity index (χ1) is 4.81. The Balaban J connectivity index is 3.56. The molecule has 0 heterocycles. The maximum absolute atomic E-state index is 12.5. The van der Waals surface area contributed by atoms with E-state index in [9.17, 15) is 4.39 Å². The van der Waals surface area contributed by atoms with Gasteiger partial charge in [0.1, 0.15) is 0 Å². The van der Waals surface area contributed by atoms with Crippen LogP contribution in [0.4, 0.5) is 4.39 Å². The smallest absolute Gasteiger partial charge is 0.0999 e. The number of hydrogen-bond donors (Lipinski definition) is 1. The van der Waals surface area contributed by atoms with Crippen molar-refractivity contribution in [3.8, 4) is 0 Å². The quantitative estimate of drug-likeness (QED) is 0.596. The molecule has 0 atom stereocenters. The van der Waals surface area contributed by atoms with E-state index in [4.69, 9.17) is 0 Å². The molecule has 0 saturated carbocycles. The summed E-state index contributed by atoms with van der Waals surface area (Å²) < 4.78 is 12.5. The predicted molar refractivity (Wildman–Crippen MR) is 42.3 cm³/mol. The minimum Gasteiger partial charge on any atom is -0.394 e. The summed E-state index contributed by atoms with van der Waals surface area (Å²) in [5.41, 5.74) is 0. The van der Waals surface area contributed by atoms with Gasteiger partial charge in [-0.1, -0.05) is 6.92 Å². The first kappa shape index (κ1) is 9.21. The van der Waals surface area contributed by atoms with Crippen LogP contribution in [0, 0.1) is 0 Å². The van der Waals surface area contributed by atoms with Gasteiger partial charge in [-0.3, -0.25) is 0 Å². The van der Waals surface area contributed by atoms with Crippen molar-refractivity contribution in [2.45, 2.75) is 19.8 Å². The molecule has 0 aromatic carbocycles. The van der Waals surface area contributed by atoms with Gasteiger partial charge < -0.3 is 5.32 Å². The molecule has 0 saturated heterocycles. The highest BCUT2D eigenvalue weighted by atomic mass is 19.1. The van der Waals surface area contributed by atoms with Gasteiger partial charge >= 0.3 is 0 Å². The first-order valence-electron chi connectivity index (χ1n) is 3.49. The van der Waals surface area contributed by atoms with Crippen LogP contribution in [-0.4, -0.2) is 7.05 Å². The molecule has 0 bridgehead atoms. The Labute approximate surface area is 61.6 Å². The van der Waals surface area contributed by atoms with E-state index in [2.05, 4.69) is 5.32 Å². The molecule has 0 spiro atoms. The molecular weight excluding hydrogens is 129 g/mol. The second-order valence-electron chi connectivity index (χ2n) is 2.01. The van der Waals surface area contributed by atoms with Crippen molar-refractivity contribution >= 4 is 0 Å². The van der Waals surface area contributed by atoms with E-state index in [1.54, 1.807) is 19.3 Å². The van der Waals surface area contributed by atoms with Crippen LogP contribution in [-0.2, 0) is 0 Å². The summed E-state index contributed by atoms with van der Waals surface area (Å²) in [4.78, 5) is 0. The molecule has 0 unspecified atom stereocenters. The Morgan fingerprint density at radius 1 is 1.60 bits per heavy atom. The van der Waals surface area contributed by atoms with Gasteiger partial charge in [0.05, 0.1) is 5.83 Å². The first-order valence-corrected chi connectivity index (χ1v) is 3.49. The summed E-state index contributed by atoms with van der Waals surface area (Å²) in [7, 11) is 1.78. The van der Waals surface area contributed by atoms with E-state index in [0.717, 1.165) is 6.42 Å². The molecule has 0 fully saturated rings. The molecule has 0 amide bonds. The lowest BCUT2D eigenvalue weighted by Gasteiger charge is -1.88.